The Morgan fingerprint density at radius 2 is 1.21 bits per heavy atom. The van der Waals surface area contributed by atoms with Gasteiger partial charge in [-0.25, -0.2) is 0 Å². The molecule has 48 heavy (non-hydrogen) atoms. The lowest BCUT2D eigenvalue weighted by atomic mass is 9.93. The van der Waals surface area contributed by atoms with Crippen LogP contribution >= 0.6 is 0 Å². The van der Waals surface area contributed by atoms with Gasteiger partial charge < -0.3 is 28.1 Å². The summed E-state index contributed by atoms with van der Waals surface area (Å²) in [4.78, 5) is 12.8. The molecule has 3 aromatic carbocycles. The Bertz CT molecular complexity index is 1360. The van der Waals surface area contributed by atoms with E-state index < -0.39 is 44.6 Å². The maximum absolute atomic E-state index is 12.8. The minimum atomic E-state index is -2.56. The summed E-state index contributed by atoms with van der Waals surface area (Å²) in [7, 11) is -1.17. The molecule has 1 aliphatic heterocycles. The molecule has 0 saturated carbocycles. The van der Waals surface area contributed by atoms with Crippen LogP contribution in [0.15, 0.2) is 91.0 Å². The normalized spacial score (nSPS) is 19.8. The van der Waals surface area contributed by atoms with Gasteiger partial charge in [-0.1, -0.05) is 133 Å². The summed E-state index contributed by atoms with van der Waals surface area (Å²) in [6, 6.07) is 30.5. The Morgan fingerprint density at radius 3 is 1.69 bits per heavy atom. The summed E-state index contributed by atoms with van der Waals surface area (Å²) < 4.78 is 40.0. The van der Waals surface area contributed by atoms with Gasteiger partial charge in [0.25, 0.3) is 0 Å². The third-order valence-corrected chi connectivity index (χ3v) is 15.6. The van der Waals surface area contributed by atoms with Crippen LogP contribution in [0.5, 0.6) is 0 Å². The molecule has 0 aliphatic carbocycles. The highest BCUT2D eigenvalue weighted by Crippen LogP contribution is 2.47. The lowest BCUT2D eigenvalue weighted by Crippen LogP contribution is -2.57. The van der Waals surface area contributed by atoms with Crippen molar-refractivity contribution in [2.45, 2.75) is 128 Å². The van der Waals surface area contributed by atoms with Gasteiger partial charge in [-0.2, -0.15) is 0 Å². The fourth-order valence-electron chi connectivity index (χ4n) is 7.42. The van der Waals surface area contributed by atoms with Gasteiger partial charge in [0.2, 0.25) is 8.32 Å². The number of hydrogen-bond acceptors (Lipinski definition) is 7. The largest absolute Gasteiger partial charge is 0.469 e. The number of benzene rings is 3. The van der Waals surface area contributed by atoms with Gasteiger partial charge in [0, 0.05) is 0 Å². The van der Waals surface area contributed by atoms with E-state index in [0.29, 0.717) is 29.8 Å². The maximum Gasteiger partial charge on any atom is 0.308 e. The summed E-state index contributed by atoms with van der Waals surface area (Å²) in [5.41, 5.74) is 3.94. The average Bonchev–Trinajstić information content (AvgIpc) is 3.37. The first-order valence-corrected chi connectivity index (χ1v) is 19.5. The average molecular weight is 677 g/mol. The van der Waals surface area contributed by atoms with Crippen LogP contribution in [0.4, 0.5) is 0 Å². The molecule has 7 nitrogen and oxygen atoms in total. The van der Waals surface area contributed by atoms with E-state index in [-0.39, 0.29) is 12.4 Å². The number of methoxy groups -OCH3 is 1. The molecule has 5 atom stereocenters. The van der Waals surface area contributed by atoms with Gasteiger partial charge in [-0.3, -0.25) is 4.79 Å². The molecule has 3 aromatic rings. The first-order valence-electron chi connectivity index (χ1n) is 17.3. The smallest absolute Gasteiger partial charge is 0.308 e. The summed E-state index contributed by atoms with van der Waals surface area (Å²) >= 11 is 0. The second kappa shape index (κ2) is 17.2. The minimum absolute atomic E-state index is 0.0184. The number of rotatable bonds is 17. The number of esters is 1. The number of ether oxygens (including phenoxy) is 5. The quantitative estimate of drug-likeness (QED) is 0.104. The summed E-state index contributed by atoms with van der Waals surface area (Å²) in [5.74, 6) is -1.33. The van der Waals surface area contributed by atoms with Crippen molar-refractivity contribution in [1.82, 2.24) is 0 Å². The Balaban J connectivity index is 1.92. The van der Waals surface area contributed by atoms with E-state index in [1.54, 1.807) is 0 Å². The molecular formula is C40H56O7Si. The molecule has 1 saturated heterocycles. The van der Waals surface area contributed by atoms with Crippen LogP contribution in [-0.4, -0.2) is 51.6 Å². The van der Waals surface area contributed by atoms with Crippen LogP contribution in [0.1, 0.15) is 84.6 Å². The van der Waals surface area contributed by atoms with Crippen molar-refractivity contribution in [3.05, 3.63) is 108 Å². The van der Waals surface area contributed by atoms with Gasteiger partial charge >= 0.3 is 5.97 Å². The molecule has 0 spiro atoms. The van der Waals surface area contributed by atoms with E-state index in [4.69, 9.17) is 28.1 Å². The van der Waals surface area contributed by atoms with Crippen molar-refractivity contribution in [1.29, 1.82) is 0 Å². The number of carbonyl (C=O) groups excluding carboxylic acids is 1. The van der Waals surface area contributed by atoms with E-state index >= 15 is 0 Å². The van der Waals surface area contributed by atoms with Crippen molar-refractivity contribution in [2.24, 2.45) is 0 Å². The van der Waals surface area contributed by atoms with E-state index in [2.05, 4.69) is 65.8 Å². The molecule has 1 aliphatic rings. The van der Waals surface area contributed by atoms with Crippen molar-refractivity contribution in [3.63, 3.8) is 0 Å². The standard InChI is InChI=1S/C40H56O7Si/c1-28(2)48(29(3)4,30(5)6)47-39(36(33-23-17-12-18-24-33)43-26-31-19-13-10-14-20-31)38(44-27-32-21-15-11-16-22-32)37-34(25-35(41)42-9)45-40(7,8)46-37/h10-24,28-30,34,36-39H,25-27H2,1-9H3/t34-,36-,37-,38-,39-/m1/s1. The molecule has 8 heteroatoms. The molecule has 1 heterocycles. The molecule has 4 rings (SSSR count). The molecular weight excluding hydrogens is 621 g/mol. The fourth-order valence-corrected chi connectivity index (χ4v) is 13.0. The van der Waals surface area contributed by atoms with E-state index in [0.717, 1.165) is 16.7 Å². The van der Waals surface area contributed by atoms with Crippen molar-refractivity contribution >= 4 is 14.3 Å². The fraction of sp³-hybridized carbons (Fsp3) is 0.525. The Hall–Kier alpha value is -2.85. The van der Waals surface area contributed by atoms with Crippen LogP contribution in [0.25, 0.3) is 0 Å². The summed E-state index contributed by atoms with van der Waals surface area (Å²) in [6.45, 7) is 18.1. The van der Waals surface area contributed by atoms with E-state index in [1.807, 2.05) is 80.6 Å². The highest BCUT2D eigenvalue weighted by Gasteiger charge is 2.55. The van der Waals surface area contributed by atoms with Crippen molar-refractivity contribution in [3.8, 4) is 0 Å². The zero-order valence-corrected chi connectivity index (χ0v) is 31.3. The molecule has 0 bridgehead atoms. The van der Waals surface area contributed by atoms with Crippen molar-refractivity contribution in [2.75, 3.05) is 7.11 Å². The zero-order valence-electron chi connectivity index (χ0n) is 30.3. The SMILES string of the molecule is COC(=O)C[C@H]1OC(C)(C)O[C@H]1[C@@H](OCc1ccccc1)[C@H](O[Si](C(C)C)(C(C)C)C(C)C)[C@H](OCc1ccccc1)c1ccccc1. The van der Waals surface area contributed by atoms with Crippen molar-refractivity contribution < 1.29 is 32.9 Å². The molecule has 262 valence electrons. The molecule has 0 N–H and O–H groups in total. The van der Waals surface area contributed by atoms with Crippen LogP contribution in [0.3, 0.4) is 0 Å². The third kappa shape index (κ3) is 9.43. The highest BCUT2D eigenvalue weighted by atomic mass is 28.4. The van der Waals surface area contributed by atoms with Gasteiger partial charge in [-0.15, -0.1) is 0 Å². The summed E-state index contributed by atoms with van der Waals surface area (Å²) in [5, 5.41) is 0. The number of hydrogen-bond donors (Lipinski definition) is 0. The summed E-state index contributed by atoms with van der Waals surface area (Å²) in [6.07, 6.45) is -3.08. The molecule has 1 fully saturated rings. The Labute approximate surface area is 289 Å². The highest BCUT2D eigenvalue weighted by molar-refractivity contribution is 6.77. The third-order valence-electron chi connectivity index (χ3n) is 9.50. The predicted octanol–water partition coefficient (Wildman–Crippen LogP) is 9.17. The zero-order chi connectivity index (χ0) is 34.9. The van der Waals surface area contributed by atoms with Gasteiger partial charge in [0.05, 0.1) is 26.7 Å². The molecule has 0 radical (unpaired) electrons. The van der Waals surface area contributed by atoms with Crippen LogP contribution < -0.4 is 0 Å². The lowest BCUT2D eigenvalue weighted by molar-refractivity contribution is -0.186. The molecule has 0 unspecified atom stereocenters. The first kappa shape index (κ1) is 38.0. The van der Waals surface area contributed by atoms with Crippen LogP contribution in [0.2, 0.25) is 16.6 Å². The Kier molecular flexibility index (Phi) is 13.6. The first-order chi connectivity index (χ1) is 22.9. The van der Waals surface area contributed by atoms with Gasteiger partial charge in [0.1, 0.15) is 30.5 Å². The maximum atomic E-state index is 12.8. The molecule has 0 aromatic heterocycles. The number of carbonyl (C=O) groups is 1. The van der Waals surface area contributed by atoms with Crippen LogP contribution in [-0.2, 0) is 46.1 Å². The second-order valence-corrected chi connectivity index (χ2v) is 19.6. The predicted molar refractivity (Wildman–Crippen MR) is 192 cm³/mol. The minimum Gasteiger partial charge on any atom is -0.469 e. The Morgan fingerprint density at radius 1 is 0.729 bits per heavy atom. The van der Waals surface area contributed by atoms with Crippen LogP contribution in [0, 0.1) is 0 Å². The second-order valence-electron chi connectivity index (χ2n) is 14.2. The monoisotopic (exact) mass is 676 g/mol. The van der Waals surface area contributed by atoms with E-state index in [1.165, 1.54) is 7.11 Å². The van der Waals surface area contributed by atoms with E-state index in [9.17, 15) is 4.79 Å². The van der Waals surface area contributed by atoms with Gasteiger partial charge in [-0.05, 0) is 47.2 Å². The topological polar surface area (TPSA) is 72.5 Å². The lowest BCUT2D eigenvalue weighted by Gasteiger charge is -2.48. The van der Waals surface area contributed by atoms with Gasteiger partial charge in [0.15, 0.2) is 5.79 Å². The molecule has 0 amide bonds.